The van der Waals surface area contributed by atoms with E-state index in [2.05, 4.69) is 15.4 Å². The van der Waals surface area contributed by atoms with Gasteiger partial charge in [-0.05, 0) is 22.8 Å². The molecule has 0 bridgehead atoms. The lowest BCUT2D eigenvalue weighted by atomic mass is 10.1. The summed E-state index contributed by atoms with van der Waals surface area (Å²) >= 11 is 6.14. The number of nitrogens with one attached hydrogen (secondary N) is 1. The van der Waals surface area contributed by atoms with Crippen LogP contribution in [0.25, 0.3) is 0 Å². The Balaban J connectivity index is 1.50. The van der Waals surface area contributed by atoms with Crippen molar-refractivity contribution in [3.8, 4) is 0 Å². The lowest BCUT2D eigenvalue weighted by Gasteiger charge is -2.18. The summed E-state index contributed by atoms with van der Waals surface area (Å²) in [6.07, 6.45) is 3.20. The van der Waals surface area contributed by atoms with E-state index in [9.17, 15) is 4.79 Å². The van der Waals surface area contributed by atoms with E-state index in [4.69, 9.17) is 11.6 Å². The summed E-state index contributed by atoms with van der Waals surface area (Å²) in [6.45, 7) is 1.60. The number of carbonyl (C=O) groups excluding carboxylic acids is 1. The fourth-order valence-electron chi connectivity index (χ4n) is 2.53. The van der Waals surface area contributed by atoms with Crippen LogP contribution in [0.1, 0.15) is 16.7 Å². The van der Waals surface area contributed by atoms with Gasteiger partial charge in [0.15, 0.2) is 0 Å². The van der Waals surface area contributed by atoms with E-state index in [1.807, 2.05) is 48.5 Å². The molecular weight excluding hydrogens is 350 g/mol. The number of urea groups is 1. The molecule has 134 valence electrons. The summed E-state index contributed by atoms with van der Waals surface area (Å²) in [5, 5.41) is 7.67. The quantitative estimate of drug-likeness (QED) is 0.725. The average molecular weight is 370 g/mol. The number of hydrogen-bond donors (Lipinski definition) is 1. The highest BCUT2D eigenvalue weighted by Crippen LogP contribution is 2.16. The third kappa shape index (κ3) is 4.83. The molecule has 0 aliphatic rings. The minimum Gasteiger partial charge on any atom is -0.334 e. The number of carbonyl (C=O) groups is 1. The lowest BCUT2D eigenvalue weighted by Crippen LogP contribution is -2.36. The summed E-state index contributed by atoms with van der Waals surface area (Å²) < 4.78 is 1.76. The van der Waals surface area contributed by atoms with E-state index in [1.165, 1.54) is 6.33 Å². The van der Waals surface area contributed by atoms with Crippen molar-refractivity contribution < 1.29 is 4.79 Å². The first kappa shape index (κ1) is 17.9. The molecule has 3 rings (SSSR count). The van der Waals surface area contributed by atoms with Crippen molar-refractivity contribution in [3.05, 3.63) is 82.9 Å². The van der Waals surface area contributed by atoms with Gasteiger partial charge in [0.2, 0.25) is 0 Å². The molecular formula is C19H20ClN5O. The number of nitrogens with zero attached hydrogens (tertiary/aromatic N) is 4. The van der Waals surface area contributed by atoms with Gasteiger partial charge < -0.3 is 10.2 Å². The van der Waals surface area contributed by atoms with E-state index in [1.54, 1.807) is 23.0 Å². The molecule has 0 aliphatic heterocycles. The van der Waals surface area contributed by atoms with Gasteiger partial charge in [0, 0.05) is 25.2 Å². The second-order valence-corrected chi connectivity index (χ2v) is 6.42. The number of halogens is 1. The van der Waals surface area contributed by atoms with Crippen LogP contribution < -0.4 is 5.32 Å². The predicted octanol–water partition coefficient (Wildman–Crippen LogP) is 3.32. The highest BCUT2D eigenvalue weighted by atomic mass is 35.5. The topological polar surface area (TPSA) is 63.1 Å². The number of hydrogen-bond acceptors (Lipinski definition) is 3. The maximum absolute atomic E-state index is 12.3. The minimum absolute atomic E-state index is 0.142. The SMILES string of the molecule is CN(Cc1ccccc1Cl)C(=O)NCc1ccc(Cn2cncn2)cc1. The Hall–Kier alpha value is -2.86. The molecule has 1 aromatic heterocycles. The van der Waals surface area contributed by atoms with Gasteiger partial charge in [0.1, 0.15) is 12.7 Å². The predicted molar refractivity (Wildman–Crippen MR) is 101 cm³/mol. The molecule has 0 saturated heterocycles. The first-order valence-corrected chi connectivity index (χ1v) is 8.62. The van der Waals surface area contributed by atoms with Gasteiger partial charge in [-0.2, -0.15) is 5.10 Å². The van der Waals surface area contributed by atoms with E-state index in [0.29, 0.717) is 24.7 Å². The fraction of sp³-hybridized carbons (Fsp3) is 0.211. The molecule has 0 saturated carbocycles. The Morgan fingerprint density at radius 2 is 1.88 bits per heavy atom. The number of aromatic nitrogens is 3. The monoisotopic (exact) mass is 369 g/mol. The van der Waals surface area contributed by atoms with Crippen molar-refractivity contribution in [2.75, 3.05) is 7.05 Å². The standard InChI is InChI=1S/C19H20ClN5O/c1-24(12-17-4-2-3-5-18(17)20)19(26)22-10-15-6-8-16(9-7-15)11-25-14-21-13-23-25/h2-9,13-14H,10-12H2,1H3,(H,22,26). The summed E-state index contributed by atoms with van der Waals surface area (Å²) in [4.78, 5) is 17.8. The molecule has 1 N–H and O–H groups in total. The van der Waals surface area contributed by atoms with Crippen molar-refractivity contribution in [3.63, 3.8) is 0 Å². The van der Waals surface area contributed by atoms with Gasteiger partial charge >= 0.3 is 6.03 Å². The number of amides is 2. The second kappa shape index (κ2) is 8.49. The molecule has 0 atom stereocenters. The Labute approximate surface area is 157 Å². The molecule has 0 aliphatic carbocycles. The van der Waals surface area contributed by atoms with Gasteiger partial charge in [-0.15, -0.1) is 0 Å². The second-order valence-electron chi connectivity index (χ2n) is 6.02. The van der Waals surface area contributed by atoms with Gasteiger partial charge in [0.05, 0.1) is 6.54 Å². The average Bonchev–Trinajstić information content (AvgIpc) is 3.16. The van der Waals surface area contributed by atoms with Crippen LogP contribution in [-0.2, 0) is 19.6 Å². The van der Waals surface area contributed by atoms with Crippen molar-refractivity contribution in [2.24, 2.45) is 0 Å². The molecule has 26 heavy (non-hydrogen) atoms. The summed E-state index contributed by atoms with van der Waals surface area (Å²) in [7, 11) is 1.75. The maximum atomic E-state index is 12.3. The molecule has 0 unspecified atom stereocenters. The van der Waals surface area contributed by atoms with E-state index < -0.39 is 0 Å². The maximum Gasteiger partial charge on any atom is 0.317 e. The highest BCUT2D eigenvalue weighted by Gasteiger charge is 2.10. The third-order valence-electron chi connectivity index (χ3n) is 3.99. The molecule has 3 aromatic rings. The minimum atomic E-state index is -0.142. The summed E-state index contributed by atoms with van der Waals surface area (Å²) in [5.41, 5.74) is 3.08. The first-order valence-electron chi connectivity index (χ1n) is 8.24. The van der Waals surface area contributed by atoms with Crippen LogP contribution >= 0.6 is 11.6 Å². The Kier molecular flexibility index (Phi) is 5.86. The Morgan fingerprint density at radius 3 is 2.58 bits per heavy atom. The van der Waals surface area contributed by atoms with Gasteiger partial charge in [0.25, 0.3) is 0 Å². The first-order chi connectivity index (χ1) is 12.6. The molecule has 0 spiro atoms. The number of benzene rings is 2. The smallest absolute Gasteiger partial charge is 0.317 e. The summed E-state index contributed by atoms with van der Waals surface area (Å²) in [6, 6.07) is 15.4. The molecule has 7 heteroatoms. The van der Waals surface area contributed by atoms with E-state index >= 15 is 0 Å². The van der Waals surface area contributed by atoms with Crippen molar-refractivity contribution in [1.29, 1.82) is 0 Å². The number of rotatable bonds is 6. The van der Waals surface area contributed by atoms with Gasteiger partial charge in [-0.3, -0.25) is 0 Å². The van der Waals surface area contributed by atoms with Crippen molar-refractivity contribution >= 4 is 17.6 Å². The zero-order chi connectivity index (χ0) is 18.4. The third-order valence-corrected chi connectivity index (χ3v) is 4.36. The molecule has 6 nitrogen and oxygen atoms in total. The zero-order valence-corrected chi connectivity index (χ0v) is 15.2. The van der Waals surface area contributed by atoms with Crippen LogP contribution in [0, 0.1) is 0 Å². The normalized spacial score (nSPS) is 10.5. The van der Waals surface area contributed by atoms with Crippen molar-refractivity contribution in [2.45, 2.75) is 19.6 Å². The highest BCUT2D eigenvalue weighted by molar-refractivity contribution is 6.31. The van der Waals surface area contributed by atoms with E-state index in [0.717, 1.165) is 16.7 Å². The molecule has 0 fully saturated rings. The van der Waals surface area contributed by atoms with E-state index in [-0.39, 0.29) is 6.03 Å². The van der Waals surface area contributed by atoms with Crippen molar-refractivity contribution in [1.82, 2.24) is 25.0 Å². The Bertz CT molecular complexity index is 849. The van der Waals surface area contributed by atoms with Crippen LogP contribution in [0.5, 0.6) is 0 Å². The van der Waals surface area contributed by atoms with Gasteiger partial charge in [-0.1, -0.05) is 54.1 Å². The van der Waals surface area contributed by atoms with Crippen LogP contribution in [0.2, 0.25) is 5.02 Å². The zero-order valence-electron chi connectivity index (χ0n) is 14.5. The summed E-state index contributed by atoms with van der Waals surface area (Å²) in [5.74, 6) is 0. The van der Waals surface area contributed by atoms with Crippen LogP contribution in [0.15, 0.2) is 61.2 Å². The molecule has 0 radical (unpaired) electrons. The molecule has 2 aromatic carbocycles. The molecule has 2 amide bonds. The largest absolute Gasteiger partial charge is 0.334 e. The van der Waals surface area contributed by atoms with Crippen LogP contribution in [-0.4, -0.2) is 32.7 Å². The fourth-order valence-corrected chi connectivity index (χ4v) is 2.73. The van der Waals surface area contributed by atoms with Gasteiger partial charge in [-0.25, -0.2) is 14.5 Å². The Morgan fingerprint density at radius 1 is 1.15 bits per heavy atom. The van der Waals surface area contributed by atoms with Crippen LogP contribution in [0.3, 0.4) is 0 Å². The molecule has 1 heterocycles. The van der Waals surface area contributed by atoms with Crippen LogP contribution in [0.4, 0.5) is 4.79 Å². The lowest BCUT2D eigenvalue weighted by molar-refractivity contribution is 0.206.